The third-order valence-corrected chi connectivity index (χ3v) is 5.29. The molecule has 11 heteroatoms. The molecule has 1 N–H and O–H groups in total. The lowest BCUT2D eigenvalue weighted by Gasteiger charge is -2.17. The summed E-state index contributed by atoms with van der Waals surface area (Å²) in [6.45, 7) is 6.64. The van der Waals surface area contributed by atoms with Crippen LogP contribution in [0.3, 0.4) is 0 Å². The van der Waals surface area contributed by atoms with E-state index in [0.717, 1.165) is 25.4 Å². The molecule has 0 saturated carbocycles. The minimum absolute atomic E-state index is 0.0217. The van der Waals surface area contributed by atoms with Gasteiger partial charge in [0, 0.05) is 18.7 Å². The summed E-state index contributed by atoms with van der Waals surface area (Å²) in [5.74, 6) is 0.228. The molecule has 0 radical (unpaired) electrons. The maximum absolute atomic E-state index is 13.8. The van der Waals surface area contributed by atoms with E-state index in [2.05, 4.69) is 20.3 Å². The number of hydrogen-bond donors (Lipinski definition) is 1. The van der Waals surface area contributed by atoms with Crippen molar-refractivity contribution in [2.45, 2.75) is 20.0 Å². The zero-order valence-electron chi connectivity index (χ0n) is 18.9. The van der Waals surface area contributed by atoms with Crippen LogP contribution in [0.25, 0.3) is 16.9 Å². The number of methoxy groups -OCH3 is 2. The Morgan fingerprint density at radius 1 is 1.12 bits per heavy atom. The predicted octanol–water partition coefficient (Wildman–Crippen LogP) is 3.50. The summed E-state index contributed by atoms with van der Waals surface area (Å²) in [5, 5.41) is 6.53. The number of amides is 1. The first-order valence-corrected chi connectivity index (χ1v) is 10.4. The van der Waals surface area contributed by atoms with Crippen molar-refractivity contribution in [3.05, 3.63) is 41.7 Å². The standard InChI is InChI=1S/C22H26F3N5O3/c1-5-29(6-2)10-9-26-21(31)15-13-27-30-19(22(23,24)25)12-16(28-20(15)30)14-7-8-17(32-3)18(11-14)33-4/h7-8,11-13H,5-6,9-10H2,1-4H3,(H,26,31). The third kappa shape index (κ3) is 5.19. The number of rotatable bonds is 9. The van der Waals surface area contributed by atoms with Crippen LogP contribution in [0.2, 0.25) is 0 Å². The first kappa shape index (κ1) is 24.3. The molecule has 0 bridgehead atoms. The van der Waals surface area contributed by atoms with Crippen molar-refractivity contribution in [1.29, 1.82) is 0 Å². The molecule has 0 aliphatic carbocycles. The highest BCUT2D eigenvalue weighted by molar-refractivity contribution is 5.99. The van der Waals surface area contributed by atoms with Crippen LogP contribution in [-0.2, 0) is 6.18 Å². The normalized spacial score (nSPS) is 11.8. The van der Waals surface area contributed by atoms with Gasteiger partial charge in [-0.2, -0.15) is 18.3 Å². The Bertz CT molecular complexity index is 1130. The van der Waals surface area contributed by atoms with Gasteiger partial charge in [0.1, 0.15) is 5.56 Å². The Balaban J connectivity index is 2.04. The van der Waals surface area contributed by atoms with Crippen LogP contribution in [0, 0.1) is 0 Å². The molecule has 0 spiro atoms. The molecule has 33 heavy (non-hydrogen) atoms. The Kier molecular flexibility index (Phi) is 7.42. The molecule has 1 aromatic carbocycles. The zero-order chi connectivity index (χ0) is 24.2. The second-order valence-electron chi connectivity index (χ2n) is 7.17. The number of halogens is 3. The van der Waals surface area contributed by atoms with Crippen molar-refractivity contribution in [2.24, 2.45) is 0 Å². The Morgan fingerprint density at radius 2 is 1.82 bits per heavy atom. The van der Waals surface area contributed by atoms with Gasteiger partial charge in [-0.3, -0.25) is 4.79 Å². The highest BCUT2D eigenvalue weighted by atomic mass is 19.4. The van der Waals surface area contributed by atoms with Crippen LogP contribution in [-0.4, -0.2) is 65.8 Å². The fourth-order valence-corrected chi connectivity index (χ4v) is 3.43. The van der Waals surface area contributed by atoms with E-state index in [1.807, 2.05) is 13.8 Å². The Morgan fingerprint density at radius 3 is 2.42 bits per heavy atom. The fraction of sp³-hybridized carbons (Fsp3) is 0.409. The second-order valence-corrected chi connectivity index (χ2v) is 7.17. The van der Waals surface area contributed by atoms with Crippen molar-refractivity contribution in [3.8, 4) is 22.8 Å². The van der Waals surface area contributed by atoms with Gasteiger partial charge in [-0.05, 0) is 37.4 Å². The summed E-state index contributed by atoms with van der Waals surface area (Å²) >= 11 is 0. The molecule has 0 aliphatic rings. The highest BCUT2D eigenvalue weighted by Gasteiger charge is 2.36. The summed E-state index contributed by atoms with van der Waals surface area (Å²) in [6, 6.07) is 5.56. The average Bonchev–Trinajstić information content (AvgIpc) is 3.24. The smallest absolute Gasteiger partial charge is 0.433 e. The van der Waals surface area contributed by atoms with Gasteiger partial charge >= 0.3 is 6.18 Å². The summed E-state index contributed by atoms with van der Waals surface area (Å²) in [5.41, 5.74) is -0.875. The monoisotopic (exact) mass is 465 g/mol. The minimum atomic E-state index is -4.71. The summed E-state index contributed by atoms with van der Waals surface area (Å²) in [6.07, 6.45) is -3.61. The van der Waals surface area contributed by atoms with E-state index in [1.54, 1.807) is 12.1 Å². The summed E-state index contributed by atoms with van der Waals surface area (Å²) < 4.78 is 52.5. The molecule has 178 valence electrons. The average molecular weight is 465 g/mol. The first-order chi connectivity index (χ1) is 15.7. The van der Waals surface area contributed by atoms with Gasteiger partial charge < -0.3 is 19.7 Å². The van der Waals surface area contributed by atoms with Gasteiger partial charge in [0.05, 0.1) is 26.1 Å². The Hall–Kier alpha value is -3.34. The molecule has 0 fully saturated rings. The molecule has 3 aromatic rings. The number of nitrogens with one attached hydrogen (secondary N) is 1. The topological polar surface area (TPSA) is 81.0 Å². The number of ether oxygens (including phenoxy) is 2. The molecular weight excluding hydrogens is 439 g/mol. The quantitative estimate of drug-likeness (QED) is 0.521. The number of nitrogens with zero attached hydrogens (tertiary/aromatic N) is 4. The zero-order valence-corrected chi connectivity index (χ0v) is 18.9. The van der Waals surface area contributed by atoms with Crippen molar-refractivity contribution in [1.82, 2.24) is 24.8 Å². The lowest BCUT2D eigenvalue weighted by molar-refractivity contribution is -0.142. The second kappa shape index (κ2) is 10.1. The fourth-order valence-electron chi connectivity index (χ4n) is 3.43. The molecule has 0 atom stereocenters. The lowest BCUT2D eigenvalue weighted by atomic mass is 10.1. The van der Waals surface area contributed by atoms with E-state index < -0.39 is 17.8 Å². The number of carbonyl (C=O) groups is 1. The minimum Gasteiger partial charge on any atom is -0.493 e. The third-order valence-electron chi connectivity index (χ3n) is 5.29. The van der Waals surface area contributed by atoms with Crippen LogP contribution in [0.5, 0.6) is 11.5 Å². The highest BCUT2D eigenvalue weighted by Crippen LogP contribution is 2.35. The molecule has 0 aliphatic heterocycles. The van der Waals surface area contributed by atoms with E-state index >= 15 is 0 Å². The first-order valence-electron chi connectivity index (χ1n) is 10.4. The lowest BCUT2D eigenvalue weighted by Crippen LogP contribution is -2.34. The van der Waals surface area contributed by atoms with Crippen molar-refractivity contribution in [2.75, 3.05) is 40.4 Å². The Labute approximate surface area is 189 Å². The number of hydrogen-bond acceptors (Lipinski definition) is 6. The van der Waals surface area contributed by atoms with Crippen molar-refractivity contribution >= 4 is 11.6 Å². The van der Waals surface area contributed by atoms with Crippen molar-refractivity contribution in [3.63, 3.8) is 0 Å². The van der Waals surface area contributed by atoms with Gasteiger partial charge in [0.15, 0.2) is 22.8 Å². The maximum Gasteiger partial charge on any atom is 0.433 e. The molecule has 3 rings (SSSR count). The number of likely N-dealkylation sites (N-methyl/N-ethyl adjacent to an activating group) is 1. The van der Waals surface area contributed by atoms with Crippen LogP contribution in [0.4, 0.5) is 13.2 Å². The molecule has 8 nitrogen and oxygen atoms in total. The molecular formula is C22H26F3N5O3. The van der Waals surface area contributed by atoms with Gasteiger partial charge in [-0.15, -0.1) is 0 Å². The van der Waals surface area contributed by atoms with E-state index in [9.17, 15) is 18.0 Å². The van der Waals surface area contributed by atoms with Crippen LogP contribution >= 0.6 is 0 Å². The molecule has 0 unspecified atom stereocenters. The molecule has 1 amide bonds. The molecule has 2 aromatic heterocycles. The maximum atomic E-state index is 13.8. The number of alkyl halides is 3. The van der Waals surface area contributed by atoms with Gasteiger partial charge in [-0.25, -0.2) is 9.50 Å². The van der Waals surface area contributed by atoms with Gasteiger partial charge in [-0.1, -0.05) is 13.8 Å². The largest absolute Gasteiger partial charge is 0.493 e. The molecule has 0 saturated heterocycles. The van der Waals surface area contributed by atoms with Gasteiger partial charge in [0.2, 0.25) is 0 Å². The number of carbonyl (C=O) groups excluding carboxylic acids is 1. The number of benzene rings is 1. The SMILES string of the molecule is CCN(CC)CCNC(=O)c1cnn2c(C(F)(F)F)cc(-c3ccc(OC)c(OC)c3)nc12. The van der Waals surface area contributed by atoms with Crippen LogP contribution in [0.1, 0.15) is 29.9 Å². The number of aromatic nitrogens is 3. The van der Waals surface area contributed by atoms with Gasteiger partial charge in [0.25, 0.3) is 5.91 Å². The van der Waals surface area contributed by atoms with E-state index in [4.69, 9.17) is 9.47 Å². The van der Waals surface area contributed by atoms with E-state index in [-0.39, 0.29) is 16.9 Å². The number of fused-ring (bicyclic) bond motifs is 1. The predicted molar refractivity (Wildman–Crippen MR) is 117 cm³/mol. The summed E-state index contributed by atoms with van der Waals surface area (Å²) in [7, 11) is 2.89. The van der Waals surface area contributed by atoms with Crippen LogP contribution < -0.4 is 14.8 Å². The molecule has 2 heterocycles. The van der Waals surface area contributed by atoms with Crippen molar-refractivity contribution < 1.29 is 27.4 Å². The van der Waals surface area contributed by atoms with E-state index in [0.29, 0.717) is 34.7 Å². The van der Waals surface area contributed by atoms with E-state index in [1.165, 1.54) is 20.3 Å². The van der Waals surface area contributed by atoms with Crippen LogP contribution in [0.15, 0.2) is 30.5 Å². The summed E-state index contributed by atoms with van der Waals surface area (Å²) in [4.78, 5) is 19.2.